The van der Waals surface area contributed by atoms with Crippen LogP contribution in [0.1, 0.15) is 5.56 Å². The molecule has 0 heterocycles. The van der Waals surface area contributed by atoms with Crippen molar-refractivity contribution in [3.63, 3.8) is 0 Å². The Morgan fingerprint density at radius 2 is 1.69 bits per heavy atom. The van der Waals surface area contributed by atoms with Crippen LogP contribution in [-0.2, 0) is 0 Å². The molecule has 0 bridgehead atoms. The first-order valence-electron chi connectivity index (χ1n) is 4.90. The second-order valence-electron chi connectivity index (χ2n) is 3.68. The van der Waals surface area contributed by atoms with E-state index in [1.54, 1.807) is 30.3 Å². The number of hydrogen-bond donors (Lipinski definition) is 3. The summed E-state index contributed by atoms with van der Waals surface area (Å²) < 4.78 is 0. The summed E-state index contributed by atoms with van der Waals surface area (Å²) in [5.41, 5.74) is 2.04. The van der Waals surface area contributed by atoms with E-state index in [1.807, 2.05) is 6.92 Å². The zero-order valence-corrected chi connectivity index (χ0v) is 8.81. The van der Waals surface area contributed by atoms with E-state index in [-0.39, 0.29) is 17.2 Å². The van der Waals surface area contributed by atoms with Gasteiger partial charge in [0, 0.05) is 5.56 Å². The molecule has 0 aromatic heterocycles. The molecule has 0 spiro atoms. The summed E-state index contributed by atoms with van der Waals surface area (Å²) in [7, 11) is 0. The van der Waals surface area contributed by atoms with Crippen LogP contribution in [-0.4, -0.2) is 15.3 Å². The molecular formula is C13H12O3. The van der Waals surface area contributed by atoms with Crippen molar-refractivity contribution in [2.75, 3.05) is 0 Å². The van der Waals surface area contributed by atoms with E-state index in [1.165, 1.54) is 6.07 Å². The van der Waals surface area contributed by atoms with Crippen molar-refractivity contribution in [2.45, 2.75) is 6.92 Å². The number of phenols is 3. The van der Waals surface area contributed by atoms with Gasteiger partial charge in [-0.15, -0.1) is 0 Å². The molecule has 0 fully saturated rings. The maximum absolute atomic E-state index is 9.79. The largest absolute Gasteiger partial charge is 0.508 e. The zero-order chi connectivity index (χ0) is 11.7. The highest BCUT2D eigenvalue weighted by molar-refractivity contribution is 5.77. The molecule has 3 heteroatoms. The fraction of sp³-hybridized carbons (Fsp3) is 0.0769. The Balaban J connectivity index is 2.68. The maximum atomic E-state index is 9.79. The summed E-state index contributed by atoms with van der Waals surface area (Å²) in [6, 6.07) is 9.71. The van der Waals surface area contributed by atoms with Crippen molar-refractivity contribution < 1.29 is 15.3 Å². The lowest BCUT2D eigenvalue weighted by Gasteiger charge is -2.10. The minimum Gasteiger partial charge on any atom is -0.508 e. The van der Waals surface area contributed by atoms with Crippen molar-refractivity contribution in [3.8, 4) is 28.4 Å². The van der Waals surface area contributed by atoms with E-state index in [0.717, 1.165) is 5.56 Å². The first-order chi connectivity index (χ1) is 7.59. The van der Waals surface area contributed by atoms with Gasteiger partial charge in [-0.3, -0.25) is 0 Å². The van der Waals surface area contributed by atoms with Crippen LogP contribution in [0, 0.1) is 6.92 Å². The lowest BCUT2D eigenvalue weighted by Crippen LogP contribution is -1.84. The van der Waals surface area contributed by atoms with Gasteiger partial charge in [0.1, 0.15) is 5.75 Å². The number of aryl methyl sites for hydroxylation is 1. The molecule has 0 atom stereocenters. The summed E-state index contributed by atoms with van der Waals surface area (Å²) >= 11 is 0. The van der Waals surface area contributed by atoms with E-state index in [9.17, 15) is 15.3 Å². The van der Waals surface area contributed by atoms with Crippen LogP contribution in [0.2, 0.25) is 0 Å². The molecular weight excluding hydrogens is 204 g/mol. The number of rotatable bonds is 1. The summed E-state index contributed by atoms with van der Waals surface area (Å²) in [5.74, 6) is -0.200. The number of phenolic OH excluding ortho intramolecular Hbond substituents is 3. The molecule has 0 aliphatic heterocycles. The Hall–Kier alpha value is -2.16. The second kappa shape index (κ2) is 3.77. The predicted octanol–water partition coefficient (Wildman–Crippen LogP) is 2.78. The maximum Gasteiger partial charge on any atom is 0.165 e. The van der Waals surface area contributed by atoms with Crippen molar-refractivity contribution in [3.05, 3.63) is 42.0 Å². The van der Waals surface area contributed by atoms with Gasteiger partial charge in [0.05, 0.1) is 0 Å². The zero-order valence-electron chi connectivity index (χ0n) is 8.81. The SMILES string of the molecule is Cc1ccc(O)c(O)c1-c1cccc(O)c1. The number of hydrogen-bond acceptors (Lipinski definition) is 3. The van der Waals surface area contributed by atoms with Gasteiger partial charge < -0.3 is 15.3 Å². The van der Waals surface area contributed by atoms with Gasteiger partial charge in [-0.25, -0.2) is 0 Å². The van der Waals surface area contributed by atoms with Gasteiger partial charge in [0.2, 0.25) is 0 Å². The van der Waals surface area contributed by atoms with E-state index in [2.05, 4.69) is 0 Å². The Bertz CT molecular complexity index is 533. The van der Waals surface area contributed by atoms with Crippen molar-refractivity contribution >= 4 is 0 Å². The lowest BCUT2D eigenvalue weighted by molar-refractivity contribution is 0.405. The minimum absolute atomic E-state index is 0.125. The third-order valence-electron chi connectivity index (χ3n) is 2.50. The highest BCUT2D eigenvalue weighted by atomic mass is 16.3. The Morgan fingerprint density at radius 3 is 2.38 bits per heavy atom. The molecule has 2 rings (SSSR count). The Kier molecular flexibility index (Phi) is 2.44. The van der Waals surface area contributed by atoms with Crippen LogP contribution >= 0.6 is 0 Å². The molecule has 0 saturated carbocycles. The molecule has 0 aliphatic rings. The normalized spacial score (nSPS) is 10.3. The fourth-order valence-corrected chi connectivity index (χ4v) is 1.71. The standard InChI is InChI=1S/C13H12O3/c1-8-5-6-11(15)13(16)12(8)9-3-2-4-10(14)7-9/h2-7,14-16H,1H3. The van der Waals surface area contributed by atoms with Crippen molar-refractivity contribution in [1.29, 1.82) is 0 Å². The highest BCUT2D eigenvalue weighted by Crippen LogP contribution is 2.39. The molecule has 0 radical (unpaired) electrons. The minimum atomic E-state index is -0.163. The molecule has 2 aromatic rings. The van der Waals surface area contributed by atoms with Crippen molar-refractivity contribution in [1.82, 2.24) is 0 Å². The fourth-order valence-electron chi connectivity index (χ4n) is 1.71. The van der Waals surface area contributed by atoms with Gasteiger partial charge in [-0.2, -0.15) is 0 Å². The Labute approximate surface area is 93.2 Å². The van der Waals surface area contributed by atoms with Crippen LogP contribution < -0.4 is 0 Å². The van der Waals surface area contributed by atoms with E-state index in [0.29, 0.717) is 11.1 Å². The molecule has 3 nitrogen and oxygen atoms in total. The number of aromatic hydroxyl groups is 3. The highest BCUT2D eigenvalue weighted by Gasteiger charge is 2.11. The van der Waals surface area contributed by atoms with E-state index in [4.69, 9.17) is 0 Å². The van der Waals surface area contributed by atoms with Crippen LogP contribution in [0.25, 0.3) is 11.1 Å². The molecule has 0 unspecified atom stereocenters. The van der Waals surface area contributed by atoms with E-state index >= 15 is 0 Å². The molecule has 2 aromatic carbocycles. The average Bonchev–Trinajstić information content (AvgIpc) is 2.24. The first-order valence-corrected chi connectivity index (χ1v) is 4.90. The average molecular weight is 216 g/mol. The van der Waals surface area contributed by atoms with Gasteiger partial charge in [0.15, 0.2) is 11.5 Å². The quantitative estimate of drug-likeness (QED) is 0.642. The lowest BCUT2D eigenvalue weighted by atomic mass is 9.99. The smallest absolute Gasteiger partial charge is 0.165 e. The summed E-state index contributed by atoms with van der Waals surface area (Å²) in [5, 5.41) is 28.6. The number of benzene rings is 2. The summed E-state index contributed by atoms with van der Waals surface area (Å²) in [6.07, 6.45) is 0. The molecule has 0 aliphatic carbocycles. The molecule has 16 heavy (non-hydrogen) atoms. The van der Waals surface area contributed by atoms with Gasteiger partial charge in [0.25, 0.3) is 0 Å². The van der Waals surface area contributed by atoms with Crippen molar-refractivity contribution in [2.24, 2.45) is 0 Å². The summed E-state index contributed by atoms with van der Waals surface area (Å²) in [6.45, 7) is 1.83. The predicted molar refractivity (Wildman–Crippen MR) is 61.6 cm³/mol. The van der Waals surface area contributed by atoms with E-state index < -0.39 is 0 Å². The topological polar surface area (TPSA) is 60.7 Å². The van der Waals surface area contributed by atoms with Crippen LogP contribution in [0.15, 0.2) is 36.4 Å². The monoisotopic (exact) mass is 216 g/mol. The third-order valence-corrected chi connectivity index (χ3v) is 2.50. The van der Waals surface area contributed by atoms with Crippen LogP contribution in [0.4, 0.5) is 0 Å². The van der Waals surface area contributed by atoms with Gasteiger partial charge in [-0.05, 0) is 36.2 Å². The van der Waals surface area contributed by atoms with Crippen LogP contribution in [0.3, 0.4) is 0 Å². The molecule has 0 saturated heterocycles. The van der Waals surface area contributed by atoms with Gasteiger partial charge in [-0.1, -0.05) is 18.2 Å². The first kappa shape index (κ1) is 10.4. The molecule has 82 valence electrons. The molecule has 3 N–H and O–H groups in total. The third kappa shape index (κ3) is 1.67. The summed E-state index contributed by atoms with van der Waals surface area (Å²) in [4.78, 5) is 0. The van der Waals surface area contributed by atoms with Crippen LogP contribution in [0.5, 0.6) is 17.2 Å². The van der Waals surface area contributed by atoms with Gasteiger partial charge >= 0.3 is 0 Å². The Morgan fingerprint density at radius 1 is 0.938 bits per heavy atom. The second-order valence-corrected chi connectivity index (χ2v) is 3.68. The molecule has 0 amide bonds.